The van der Waals surface area contributed by atoms with Crippen LogP contribution in [0, 0.1) is 18.8 Å². The van der Waals surface area contributed by atoms with Crippen molar-refractivity contribution in [2.24, 2.45) is 16.9 Å². The second-order valence-electron chi connectivity index (χ2n) is 7.67. The summed E-state index contributed by atoms with van der Waals surface area (Å²) in [6.07, 6.45) is 5.72. The van der Waals surface area contributed by atoms with Crippen LogP contribution in [-0.4, -0.2) is 35.5 Å². The molecule has 132 valence electrons. The minimum absolute atomic E-state index is 0.00560. The molecule has 3 aliphatic rings. The van der Waals surface area contributed by atoms with Crippen molar-refractivity contribution in [1.82, 2.24) is 4.90 Å². The summed E-state index contributed by atoms with van der Waals surface area (Å²) in [5.74, 6) is 1.28. The quantitative estimate of drug-likeness (QED) is 0.827. The van der Waals surface area contributed by atoms with Gasteiger partial charge >= 0.3 is 0 Å². The number of aryl methyl sites for hydroxylation is 1. The molecule has 1 aromatic carbocycles. The maximum atomic E-state index is 13.0. The van der Waals surface area contributed by atoms with Gasteiger partial charge in [0.2, 0.25) is 5.91 Å². The lowest BCUT2D eigenvalue weighted by atomic mass is 10.0. The van der Waals surface area contributed by atoms with E-state index in [1.165, 1.54) is 30.7 Å². The number of benzene rings is 1. The van der Waals surface area contributed by atoms with Crippen molar-refractivity contribution in [3.63, 3.8) is 0 Å². The van der Waals surface area contributed by atoms with E-state index in [0.29, 0.717) is 36.4 Å². The zero-order chi connectivity index (χ0) is 17.6. The highest BCUT2D eigenvalue weighted by Crippen LogP contribution is 2.47. The molecule has 5 nitrogen and oxygen atoms in total. The number of carbonyl (C=O) groups excluding carboxylic acids is 2. The first kappa shape index (κ1) is 16.3. The van der Waals surface area contributed by atoms with Crippen LogP contribution in [0.5, 0.6) is 0 Å². The fraction of sp³-hybridized carbons (Fsp3) is 0.550. The van der Waals surface area contributed by atoms with Crippen molar-refractivity contribution in [3.05, 3.63) is 29.8 Å². The molecule has 25 heavy (non-hydrogen) atoms. The maximum absolute atomic E-state index is 13.0. The summed E-state index contributed by atoms with van der Waals surface area (Å²) in [6, 6.07) is 8.04. The number of hydrogen-bond acceptors (Lipinski definition) is 3. The standard InChI is InChI=1S/C20H25N3O2/c1-13-4-3-5-16(12-13)23-18(24)11-10-17(21-23)20(25)22(2)19(14-6-7-14)15-8-9-15/h3-5,12,14-15,19H,6-11H2,1-2H3. The van der Waals surface area contributed by atoms with Crippen molar-refractivity contribution in [1.29, 1.82) is 0 Å². The Hall–Kier alpha value is -2.17. The summed E-state index contributed by atoms with van der Waals surface area (Å²) in [5, 5.41) is 5.85. The summed E-state index contributed by atoms with van der Waals surface area (Å²) < 4.78 is 0. The molecule has 0 radical (unpaired) electrons. The van der Waals surface area contributed by atoms with Crippen LogP contribution in [-0.2, 0) is 9.59 Å². The van der Waals surface area contributed by atoms with Crippen molar-refractivity contribution in [2.75, 3.05) is 12.1 Å². The number of rotatable bonds is 5. The molecule has 4 rings (SSSR count). The minimum Gasteiger partial charge on any atom is -0.337 e. The van der Waals surface area contributed by atoms with Crippen LogP contribution in [0.15, 0.2) is 29.4 Å². The van der Waals surface area contributed by atoms with Gasteiger partial charge in [0.1, 0.15) is 5.71 Å². The number of anilines is 1. The van der Waals surface area contributed by atoms with Gasteiger partial charge in [0.05, 0.1) is 5.69 Å². The molecule has 0 aromatic heterocycles. The third-order valence-electron chi connectivity index (χ3n) is 5.50. The Balaban J connectivity index is 1.57. The average molecular weight is 339 g/mol. The van der Waals surface area contributed by atoms with Crippen LogP contribution in [0.1, 0.15) is 44.1 Å². The molecular weight excluding hydrogens is 314 g/mol. The Morgan fingerprint density at radius 1 is 1.20 bits per heavy atom. The van der Waals surface area contributed by atoms with Crippen molar-refractivity contribution < 1.29 is 9.59 Å². The summed E-state index contributed by atoms with van der Waals surface area (Å²) in [7, 11) is 1.92. The van der Waals surface area contributed by atoms with Gasteiger partial charge in [-0.25, -0.2) is 5.01 Å². The van der Waals surface area contributed by atoms with E-state index in [4.69, 9.17) is 0 Å². The number of hydrazone groups is 1. The van der Waals surface area contributed by atoms with Gasteiger partial charge in [-0.3, -0.25) is 9.59 Å². The molecule has 1 aromatic rings. The van der Waals surface area contributed by atoms with Crippen molar-refractivity contribution in [3.8, 4) is 0 Å². The van der Waals surface area contributed by atoms with Crippen LogP contribution in [0.2, 0.25) is 0 Å². The summed E-state index contributed by atoms with van der Waals surface area (Å²) >= 11 is 0. The molecule has 2 saturated carbocycles. The van der Waals surface area contributed by atoms with Crippen LogP contribution in [0.4, 0.5) is 5.69 Å². The Bertz CT molecular complexity index is 722. The van der Waals surface area contributed by atoms with E-state index >= 15 is 0 Å². The first-order chi connectivity index (χ1) is 12.0. The average Bonchev–Trinajstić information content (AvgIpc) is 3.50. The second-order valence-corrected chi connectivity index (χ2v) is 7.67. The largest absolute Gasteiger partial charge is 0.337 e. The molecule has 0 spiro atoms. The van der Waals surface area contributed by atoms with Gasteiger partial charge in [0.15, 0.2) is 0 Å². The fourth-order valence-corrected chi connectivity index (χ4v) is 3.90. The van der Waals surface area contributed by atoms with E-state index in [2.05, 4.69) is 5.10 Å². The van der Waals surface area contributed by atoms with Crippen LogP contribution < -0.4 is 5.01 Å². The van der Waals surface area contributed by atoms with Gasteiger partial charge < -0.3 is 4.90 Å². The summed E-state index contributed by atoms with van der Waals surface area (Å²) in [4.78, 5) is 27.2. The molecule has 1 heterocycles. The number of hydrogen-bond donors (Lipinski definition) is 0. The molecule has 5 heteroatoms. The normalized spacial score (nSPS) is 20.7. The first-order valence-electron chi connectivity index (χ1n) is 9.29. The monoisotopic (exact) mass is 339 g/mol. The van der Waals surface area contributed by atoms with Crippen LogP contribution >= 0.6 is 0 Å². The topological polar surface area (TPSA) is 53.0 Å². The van der Waals surface area contributed by atoms with Crippen molar-refractivity contribution >= 4 is 23.2 Å². The lowest BCUT2D eigenvalue weighted by Gasteiger charge is -2.31. The summed E-state index contributed by atoms with van der Waals surface area (Å²) in [6.45, 7) is 1.98. The van der Waals surface area contributed by atoms with E-state index in [-0.39, 0.29) is 11.8 Å². The SMILES string of the molecule is Cc1cccc(N2N=C(C(=O)N(C)C(C3CC3)C3CC3)CCC2=O)c1. The Kier molecular flexibility index (Phi) is 4.10. The van der Waals surface area contributed by atoms with Gasteiger partial charge in [0.25, 0.3) is 5.91 Å². The van der Waals surface area contributed by atoms with E-state index in [1.54, 1.807) is 0 Å². The number of carbonyl (C=O) groups is 2. The smallest absolute Gasteiger partial charge is 0.270 e. The molecule has 2 amide bonds. The molecule has 0 unspecified atom stereocenters. The van der Waals surface area contributed by atoms with Gasteiger partial charge in [-0.2, -0.15) is 5.10 Å². The van der Waals surface area contributed by atoms with Gasteiger partial charge in [-0.1, -0.05) is 12.1 Å². The van der Waals surface area contributed by atoms with Gasteiger partial charge in [-0.05, 0) is 62.1 Å². The van der Waals surface area contributed by atoms with E-state index < -0.39 is 0 Å². The zero-order valence-electron chi connectivity index (χ0n) is 14.9. The second kappa shape index (κ2) is 6.28. The number of nitrogens with zero attached hydrogens (tertiary/aromatic N) is 3. The van der Waals surface area contributed by atoms with E-state index in [0.717, 1.165) is 11.3 Å². The lowest BCUT2D eigenvalue weighted by Crippen LogP contribution is -2.46. The Morgan fingerprint density at radius 3 is 2.48 bits per heavy atom. The predicted molar refractivity (Wildman–Crippen MR) is 97.3 cm³/mol. The molecule has 2 fully saturated rings. The molecule has 0 saturated heterocycles. The van der Waals surface area contributed by atoms with E-state index in [1.807, 2.05) is 43.1 Å². The molecule has 0 bridgehead atoms. The van der Waals surface area contributed by atoms with Gasteiger partial charge in [-0.15, -0.1) is 0 Å². The first-order valence-corrected chi connectivity index (χ1v) is 9.29. The van der Waals surface area contributed by atoms with Crippen molar-refractivity contribution in [2.45, 2.75) is 51.5 Å². The molecule has 0 atom stereocenters. The molecule has 1 aliphatic heterocycles. The molecule has 2 aliphatic carbocycles. The minimum atomic E-state index is -0.0502. The highest BCUT2D eigenvalue weighted by Gasteiger charge is 2.45. The third-order valence-corrected chi connectivity index (χ3v) is 5.50. The van der Waals surface area contributed by atoms with Crippen LogP contribution in [0.3, 0.4) is 0 Å². The fourth-order valence-electron chi connectivity index (χ4n) is 3.90. The van der Waals surface area contributed by atoms with Crippen LogP contribution in [0.25, 0.3) is 0 Å². The predicted octanol–water partition coefficient (Wildman–Crippen LogP) is 3.12. The molecular formula is C20H25N3O2. The molecule has 0 N–H and O–H groups in total. The third kappa shape index (κ3) is 3.32. The number of amides is 2. The highest BCUT2D eigenvalue weighted by atomic mass is 16.2. The van der Waals surface area contributed by atoms with E-state index in [9.17, 15) is 9.59 Å². The summed E-state index contributed by atoms with van der Waals surface area (Å²) in [5.41, 5.74) is 2.31. The lowest BCUT2D eigenvalue weighted by molar-refractivity contribution is -0.126. The Morgan fingerprint density at radius 2 is 1.88 bits per heavy atom. The maximum Gasteiger partial charge on any atom is 0.270 e. The zero-order valence-corrected chi connectivity index (χ0v) is 14.9. The highest BCUT2D eigenvalue weighted by molar-refractivity contribution is 6.40. The Labute approximate surface area is 148 Å². The van der Waals surface area contributed by atoms with Gasteiger partial charge in [0, 0.05) is 25.9 Å².